The summed E-state index contributed by atoms with van der Waals surface area (Å²) in [5.41, 5.74) is 9.22. The van der Waals surface area contributed by atoms with Crippen molar-refractivity contribution in [3.05, 3.63) is 71.3 Å². The molecule has 0 N–H and O–H groups in total. The molecule has 1 aliphatic heterocycles. The standard InChI is InChI=1S/C33H42N4O/c1-8-35(9-2)24-14-17-29-27(20-24)28-21-25(36(10-3)11-4)15-18-30(28)33(29)31-19-16-26(37(12-5)13-6)22-32(31)38-23(7)34-33/h14-22H,8-13H2,1-7H3. The summed E-state index contributed by atoms with van der Waals surface area (Å²) in [7, 11) is 0. The van der Waals surface area contributed by atoms with E-state index in [1.807, 2.05) is 6.92 Å². The first kappa shape index (κ1) is 26.1. The van der Waals surface area contributed by atoms with Crippen LogP contribution in [0.25, 0.3) is 11.1 Å². The summed E-state index contributed by atoms with van der Waals surface area (Å²) >= 11 is 0. The van der Waals surface area contributed by atoms with E-state index in [0.29, 0.717) is 5.90 Å². The highest BCUT2D eigenvalue weighted by atomic mass is 16.5. The van der Waals surface area contributed by atoms with Crippen LogP contribution in [0.5, 0.6) is 5.75 Å². The Bertz CT molecular complexity index is 1290. The van der Waals surface area contributed by atoms with Gasteiger partial charge < -0.3 is 19.4 Å². The number of benzene rings is 3. The van der Waals surface area contributed by atoms with Gasteiger partial charge >= 0.3 is 0 Å². The number of fused-ring (bicyclic) bond motifs is 7. The molecule has 1 heterocycles. The average molecular weight is 511 g/mol. The maximum atomic E-state index is 6.33. The van der Waals surface area contributed by atoms with Crippen LogP contribution in [0, 0.1) is 0 Å². The number of rotatable bonds is 9. The topological polar surface area (TPSA) is 31.3 Å². The van der Waals surface area contributed by atoms with Gasteiger partial charge in [-0.05, 0) is 94.1 Å². The fraction of sp³-hybridized carbons (Fsp3) is 0.424. The van der Waals surface area contributed by atoms with E-state index in [1.54, 1.807) is 0 Å². The van der Waals surface area contributed by atoms with E-state index in [0.717, 1.165) is 50.6 Å². The Labute approximate surface area is 228 Å². The molecule has 5 heteroatoms. The fourth-order valence-corrected chi connectivity index (χ4v) is 6.43. The third-order valence-corrected chi connectivity index (χ3v) is 8.40. The smallest absolute Gasteiger partial charge is 0.188 e. The van der Waals surface area contributed by atoms with E-state index >= 15 is 0 Å². The van der Waals surface area contributed by atoms with Gasteiger partial charge in [0, 0.05) is 74.9 Å². The maximum Gasteiger partial charge on any atom is 0.188 e. The normalized spacial score (nSPS) is 14.3. The molecule has 38 heavy (non-hydrogen) atoms. The van der Waals surface area contributed by atoms with Gasteiger partial charge in [-0.3, -0.25) is 0 Å². The van der Waals surface area contributed by atoms with Crippen LogP contribution in [-0.4, -0.2) is 45.2 Å². The Kier molecular flexibility index (Phi) is 7.13. The molecule has 0 amide bonds. The first-order chi connectivity index (χ1) is 18.4. The molecule has 0 saturated carbocycles. The second kappa shape index (κ2) is 10.4. The molecular weight excluding hydrogens is 468 g/mol. The fourth-order valence-electron chi connectivity index (χ4n) is 6.43. The zero-order chi connectivity index (χ0) is 27.0. The molecule has 0 radical (unpaired) electrons. The Morgan fingerprint density at radius 1 is 0.579 bits per heavy atom. The van der Waals surface area contributed by atoms with E-state index in [1.165, 1.54) is 39.3 Å². The van der Waals surface area contributed by atoms with Crippen LogP contribution in [-0.2, 0) is 5.54 Å². The van der Waals surface area contributed by atoms with Crippen LogP contribution < -0.4 is 19.4 Å². The Hall–Kier alpha value is -3.47. The van der Waals surface area contributed by atoms with Crippen molar-refractivity contribution in [1.82, 2.24) is 0 Å². The third-order valence-electron chi connectivity index (χ3n) is 8.40. The molecule has 0 bridgehead atoms. The minimum absolute atomic E-state index is 0.617. The summed E-state index contributed by atoms with van der Waals surface area (Å²) in [4.78, 5) is 12.5. The SMILES string of the molecule is CCN(CC)c1ccc2c(c1)OC(C)=NC21c2ccc(N(CC)CC)cc2-c2cc(N(CC)CC)ccc21. The predicted octanol–water partition coefficient (Wildman–Crippen LogP) is 7.31. The second-order valence-corrected chi connectivity index (χ2v) is 10.1. The lowest BCUT2D eigenvalue weighted by Gasteiger charge is -2.35. The lowest BCUT2D eigenvalue weighted by molar-refractivity contribution is 0.474. The Morgan fingerprint density at radius 2 is 0.974 bits per heavy atom. The third kappa shape index (κ3) is 3.95. The van der Waals surface area contributed by atoms with Crippen LogP contribution in [0.2, 0.25) is 0 Å². The number of ether oxygens (including phenoxy) is 1. The minimum Gasteiger partial charge on any atom is -0.443 e. The average Bonchev–Trinajstić information content (AvgIpc) is 3.19. The van der Waals surface area contributed by atoms with Crippen molar-refractivity contribution in [3.8, 4) is 16.9 Å². The highest BCUT2D eigenvalue weighted by molar-refractivity contribution is 5.91. The summed E-state index contributed by atoms with van der Waals surface area (Å²) in [6.07, 6.45) is 0. The van der Waals surface area contributed by atoms with Crippen molar-refractivity contribution in [1.29, 1.82) is 0 Å². The molecule has 0 atom stereocenters. The van der Waals surface area contributed by atoms with Gasteiger partial charge in [0.2, 0.25) is 0 Å². The molecule has 0 saturated heterocycles. The van der Waals surface area contributed by atoms with Crippen LogP contribution in [0.15, 0.2) is 59.6 Å². The van der Waals surface area contributed by atoms with E-state index in [4.69, 9.17) is 9.73 Å². The molecular formula is C33H42N4O. The number of aliphatic imine (C=N–C) groups is 1. The zero-order valence-electron chi connectivity index (χ0n) is 24.1. The van der Waals surface area contributed by atoms with E-state index in [2.05, 4.69) is 111 Å². The number of nitrogens with zero attached hydrogens (tertiary/aromatic N) is 4. The second-order valence-electron chi connectivity index (χ2n) is 10.1. The van der Waals surface area contributed by atoms with Gasteiger partial charge in [0.25, 0.3) is 0 Å². The van der Waals surface area contributed by atoms with Crippen molar-refractivity contribution in [2.24, 2.45) is 4.99 Å². The molecule has 3 aromatic rings. The van der Waals surface area contributed by atoms with Gasteiger partial charge in [-0.2, -0.15) is 0 Å². The molecule has 3 aromatic carbocycles. The summed E-state index contributed by atoms with van der Waals surface area (Å²) in [6.45, 7) is 21.1. The van der Waals surface area contributed by atoms with Gasteiger partial charge in [-0.25, -0.2) is 4.99 Å². The largest absolute Gasteiger partial charge is 0.443 e. The van der Waals surface area contributed by atoms with Crippen molar-refractivity contribution in [2.75, 3.05) is 54.0 Å². The van der Waals surface area contributed by atoms with Crippen molar-refractivity contribution < 1.29 is 4.74 Å². The molecule has 5 nitrogen and oxygen atoms in total. The molecule has 5 rings (SSSR count). The molecule has 2 aliphatic rings. The highest BCUT2D eigenvalue weighted by Gasteiger charge is 2.49. The molecule has 200 valence electrons. The quantitative estimate of drug-likeness (QED) is 0.302. The summed E-state index contributed by atoms with van der Waals surface area (Å²) in [5.74, 6) is 1.61. The molecule has 0 fully saturated rings. The molecule has 1 aliphatic carbocycles. The monoisotopic (exact) mass is 510 g/mol. The minimum atomic E-state index is -0.617. The highest BCUT2D eigenvalue weighted by Crippen LogP contribution is 2.58. The van der Waals surface area contributed by atoms with Crippen LogP contribution in [0.1, 0.15) is 65.2 Å². The maximum absolute atomic E-state index is 6.33. The Balaban J connectivity index is 1.79. The van der Waals surface area contributed by atoms with Gasteiger partial charge in [0.05, 0.1) is 0 Å². The van der Waals surface area contributed by atoms with Crippen molar-refractivity contribution >= 4 is 23.0 Å². The molecule has 0 unspecified atom stereocenters. The molecule has 1 spiro atoms. The van der Waals surface area contributed by atoms with Gasteiger partial charge in [-0.15, -0.1) is 0 Å². The number of hydrogen-bond acceptors (Lipinski definition) is 5. The number of anilines is 3. The van der Waals surface area contributed by atoms with Crippen LogP contribution in [0.4, 0.5) is 17.1 Å². The van der Waals surface area contributed by atoms with E-state index in [-0.39, 0.29) is 0 Å². The van der Waals surface area contributed by atoms with Gasteiger partial charge in [-0.1, -0.05) is 18.2 Å². The van der Waals surface area contributed by atoms with E-state index in [9.17, 15) is 0 Å². The predicted molar refractivity (Wildman–Crippen MR) is 163 cm³/mol. The van der Waals surface area contributed by atoms with Crippen LogP contribution >= 0.6 is 0 Å². The van der Waals surface area contributed by atoms with Gasteiger partial charge in [0.15, 0.2) is 5.90 Å². The first-order valence-corrected chi connectivity index (χ1v) is 14.4. The zero-order valence-corrected chi connectivity index (χ0v) is 24.1. The molecule has 0 aromatic heterocycles. The lowest BCUT2D eigenvalue weighted by atomic mass is 9.79. The van der Waals surface area contributed by atoms with Crippen LogP contribution in [0.3, 0.4) is 0 Å². The van der Waals surface area contributed by atoms with Gasteiger partial charge in [0.1, 0.15) is 11.3 Å². The van der Waals surface area contributed by atoms with Crippen molar-refractivity contribution in [2.45, 2.75) is 54.0 Å². The summed E-state index contributed by atoms with van der Waals surface area (Å²) in [5, 5.41) is 0. The number of hydrogen-bond donors (Lipinski definition) is 0. The van der Waals surface area contributed by atoms with Crippen molar-refractivity contribution in [3.63, 3.8) is 0 Å². The van der Waals surface area contributed by atoms with E-state index < -0.39 is 5.54 Å². The summed E-state index contributed by atoms with van der Waals surface area (Å²) < 4.78 is 6.33. The first-order valence-electron chi connectivity index (χ1n) is 14.4. The Morgan fingerprint density at radius 3 is 1.39 bits per heavy atom. The lowest BCUT2D eigenvalue weighted by Crippen LogP contribution is -2.32. The summed E-state index contributed by atoms with van der Waals surface area (Å²) in [6, 6.07) is 20.6.